The van der Waals surface area contributed by atoms with Crippen LogP contribution in [0.4, 0.5) is 5.82 Å². The Bertz CT molecular complexity index is 532. The van der Waals surface area contributed by atoms with Gasteiger partial charge < -0.3 is 14.9 Å². The molecule has 1 atom stereocenters. The maximum atomic E-state index is 12.2. The predicted molar refractivity (Wildman–Crippen MR) is 74.7 cm³/mol. The molecule has 2 heterocycles. The van der Waals surface area contributed by atoms with Crippen molar-refractivity contribution in [1.82, 2.24) is 14.9 Å². The van der Waals surface area contributed by atoms with E-state index in [9.17, 15) is 14.7 Å². The molecule has 0 radical (unpaired) electrons. The van der Waals surface area contributed by atoms with E-state index in [1.807, 2.05) is 4.90 Å². The van der Waals surface area contributed by atoms with E-state index in [0.29, 0.717) is 25.5 Å². The largest absolute Gasteiger partial charge is 0.481 e. The monoisotopic (exact) mass is 290 g/mol. The molecular formula is C14H18N4O3. The van der Waals surface area contributed by atoms with Gasteiger partial charge in [0.05, 0.1) is 12.1 Å². The molecule has 1 aliphatic heterocycles. The summed E-state index contributed by atoms with van der Waals surface area (Å²) >= 11 is 0. The number of carbonyl (C=O) groups is 2. The third-order valence-electron chi connectivity index (χ3n) is 3.98. The number of carboxylic acid groups (broad SMARTS) is 1. The Morgan fingerprint density at radius 1 is 1.14 bits per heavy atom. The molecule has 1 saturated carbocycles. The normalized spacial score (nSPS) is 22.8. The zero-order chi connectivity index (χ0) is 14.8. The smallest absolute Gasteiger partial charge is 0.310 e. The van der Waals surface area contributed by atoms with Crippen molar-refractivity contribution in [2.24, 2.45) is 11.8 Å². The number of carboxylic acids is 1. The minimum absolute atomic E-state index is 0.0993. The molecule has 1 amide bonds. The van der Waals surface area contributed by atoms with Crippen molar-refractivity contribution in [3.8, 4) is 0 Å². The minimum atomic E-state index is -0.876. The van der Waals surface area contributed by atoms with Gasteiger partial charge in [-0.25, -0.2) is 4.98 Å². The first-order chi connectivity index (χ1) is 10.1. The molecule has 2 aliphatic rings. The number of hydrogen-bond donors (Lipinski definition) is 1. The molecule has 0 bridgehead atoms. The van der Waals surface area contributed by atoms with Gasteiger partial charge in [0.1, 0.15) is 5.82 Å². The zero-order valence-electron chi connectivity index (χ0n) is 11.7. The van der Waals surface area contributed by atoms with Crippen molar-refractivity contribution in [3.05, 3.63) is 18.6 Å². The molecule has 3 rings (SSSR count). The molecule has 7 nitrogen and oxygen atoms in total. The standard InChI is InChI=1S/C14H18N4O3/c19-13(10-1-2-10)18-6-5-17(8-11(9-18)14(20)21)12-7-15-3-4-16-12/h3-4,7,10-11H,1-2,5-6,8-9H2,(H,20,21)/t11-/m1/s1. The van der Waals surface area contributed by atoms with Crippen LogP contribution in [0.2, 0.25) is 0 Å². The summed E-state index contributed by atoms with van der Waals surface area (Å²) in [5.74, 6) is -0.606. The highest BCUT2D eigenvalue weighted by Gasteiger charge is 2.37. The highest BCUT2D eigenvalue weighted by atomic mass is 16.4. The summed E-state index contributed by atoms with van der Waals surface area (Å²) in [4.78, 5) is 35.5. The topological polar surface area (TPSA) is 86.6 Å². The first kappa shape index (κ1) is 13.8. The highest BCUT2D eigenvalue weighted by Crippen LogP contribution is 2.31. The molecule has 7 heteroatoms. The fourth-order valence-corrected chi connectivity index (χ4v) is 2.62. The van der Waals surface area contributed by atoms with Gasteiger partial charge in [-0.15, -0.1) is 0 Å². The van der Waals surface area contributed by atoms with Gasteiger partial charge in [-0.1, -0.05) is 0 Å². The van der Waals surface area contributed by atoms with Crippen LogP contribution in [0, 0.1) is 11.8 Å². The summed E-state index contributed by atoms with van der Waals surface area (Å²) in [7, 11) is 0. The number of carbonyl (C=O) groups excluding carboxylic acids is 1. The quantitative estimate of drug-likeness (QED) is 0.858. The lowest BCUT2D eigenvalue weighted by atomic mass is 10.1. The Morgan fingerprint density at radius 2 is 1.95 bits per heavy atom. The Hall–Kier alpha value is -2.18. The van der Waals surface area contributed by atoms with E-state index in [-0.39, 0.29) is 18.4 Å². The Morgan fingerprint density at radius 3 is 2.57 bits per heavy atom. The van der Waals surface area contributed by atoms with Crippen molar-refractivity contribution >= 4 is 17.7 Å². The zero-order valence-corrected chi connectivity index (χ0v) is 11.7. The molecule has 1 aromatic rings. The predicted octanol–water partition coefficient (Wildman–Crippen LogP) is 0.236. The third-order valence-corrected chi connectivity index (χ3v) is 3.98. The average Bonchev–Trinajstić information content (AvgIpc) is 3.33. The second kappa shape index (κ2) is 5.67. The molecule has 21 heavy (non-hydrogen) atoms. The number of hydrogen-bond acceptors (Lipinski definition) is 5. The van der Waals surface area contributed by atoms with Gasteiger partial charge in [-0.05, 0) is 12.8 Å². The molecule has 112 valence electrons. The second-order valence-corrected chi connectivity index (χ2v) is 5.60. The van der Waals surface area contributed by atoms with E-state index in [1.54, 1.807) is 23.5 Å². The summed E-state index contributed by atoms with van der Waals surface area (Å²) in [6, 6.07) is 0. The van der Waals surface area contributed by atoms with Crippen LogP contribution in [0.25, 0.3) is 0 Å². The minimum Gasteiger partial charge on any atom is -0.481 e. The van der Waals surface area contributed by atoms with Crippen molar-refractivity contribution < 1.29 is 14.7 Å². The molecule has 0 spiro atoms. The van der Waals surface area contributed by atoms with E-state index in [0.717, 1.165) is 12.8 Å². The van der Waals surface area contributed by atoms with Gasteiger partial charge in [0.15, 0.2) is 0 Å². The van der Waals surface area contributed by atoms with Crippen LogP contribution in [0.1, 0.15) is 12.8 Å². The van der Waals surface area contributed by atoms with Crippen molar-refractivity contribution in [2.45, 2.75) is 12.8 Å². The van der Waals surface area contributed by atoms with Crippen LogP contribution in [0.15, 0.2) is 18.6 Å². The SMILES string of the molecule is O=C(O)[C@H]1CN(C(=O)C2CC2)CCN(c2cnccn2)C1. The van der Waals surface area contributed by atoms with Crippen LogP contribution in [-0.4, -0.2) is 58.0 Å². The molecular weight excluding hydrogens is 272 g/mol. The summed E-state index contributed by atoms with van der Waals surface area (Å²) in [6.45, 7) is 1.75. The molecule has 2 fully saturated rings. The number of rotatable bonds is 3. The number of nitrogens with zero attached hydrogens (tertiary/aromatic N) is 4. The van der Waals surface area contributed by atoms with E-state index in [4.69, 9.17) is 0 Å². The van der Waals surface area contributed by atoms with Crippen LogP contribution in [0.5, 0.6) is 0 Å². The number of aromatic nitrogens is 2. The lowest BCUT2D eigenvalue weighted by Crippen LogP contribution is -2.38. The Labute approximate surface area is 122 Å². The Kier molecular flexibility index (Phi) is 3.72. The maximum Gasteiger partial charge on any atom is 0.310 e. The van der Waals surface area contributed by atoms with Gasteiger partial charge in [0.2, 0.25) is 5.91 Å². The highest BCUT2D eigenvalue weighted by molar-refractivity contribution is 5.82. The van der Waals surface area contributed by atoms with Gasteiger partial charge in [-0.3, -0.25) is 14.6 Å². The summed E-state index contributed by atoms with van der Waals surface area (Å²) in [5, 5.41) is 9.38. The third kappa shape index (κ3) is 3.12. The van der Waals surface area contributed by atoms with Crippen molar-refractivity contribution in [1.29, 1.82) is 0 Å². The van der Waals surface area contributed by atoms with E-state index in [1.165, 1.54) is 0 Å². The van der Waals surface area contributed by atoms with Gasteiger partial charge in [0.25, 0.3) is 0 Å². The summed E-state index contributed by atoms with van der Waals surface area (Å²) < 4.78 is 0. The van der Waals surface area contributed by atoms with Crippen LogP contribution in [-0.2, 0) is 9.59 Å². The second-order valence-electron chi connectivity index (χ2n) is 5.60. The molecule has 1 saturated heterocycles. The lowest BCUT2D eigenvalue weighted by molar-refractivity contribution is -0.143. The fourth-order valence-electron chi connectivity index (χ4n) is 2.62. The van der Waals surface area contributed by atoms with Gasteiger partial charge in [-0.2, -0.15) is 0 Å². The fraction of sp³-hybridized carbons (Fsp3) is 0.571. The number of amides is 1. The van der Waals surface area contributed by atoms with Crippen molar-refractivity contribution in [2.75, 3.05) is 31.1 Å². The first-order valence-electron chi connectivity index (χ1n) is 7.17. The molecule has 0 unspecified atom stereocenters. The van der Waals surface area contributed by atoms with E-state index < -0.39 is 11.9 Å². The van der Waals surface area contributed by atoms with Gasteiger partial charge in [0, 0.05) is 44.5 Å². The summed E-state index contributed by atoms with van der Waals surface area (Å²) in [6.07, 6.45) is 6.65. The van der Waals surface area contributed by atoms with Crippen LogP contribution >= 0.6 is 0 Å². The van der Waals surface area contributed by atoms with E-state index in [2.05, 4.69) is 9.97 Å². The maximum absolute atomic E-state index is 12.2. The molecule has 0 aromatic carbocycles. The summed E-state index contributed by atoms with van der Waals surface area (Å²) in [5.41, 5.74) is 0. The molecule has 1 aliphatic carbocycles. The number of aliphatic carboxylic acids is 1. The van der Waals surface area contributed by atoms with Crippen molar-refractivity contribution in [3.63, 3.8) is 0 Å². The van der Waals surface area contributed by atoms with E-state index >= 15 is 0 Å². The van der Waals surface area contributed by atoms with Crippen LogP contribution in [0.3, 0.4) is 0 Å². The van der Waals surface area contributed by atoms with Gasteiger partial charge >= 0.3 is 5.97 Å². The van der Waals surface area contributed by atoms with Crippen LogP contribution < -0.4 is 4.90 Å². The average molecular weight is 290 g/mol. The first-order valence-corrected chi connectivity index (χ1v) is 7.17. The lowest BCUT2D eigenvalue weighted by Gasteiger charge is -2.22. The number of anilines is 1. The molecule has 1 aromatic heterocycles. The molecule has 1 N–H and O–H groups in total. The Balaban J connectivity index is 1.77.